The quantitative estimate of drug-likeness (QED) is 0.478. The molecule has 0 aliphatic heterocycles. The maximum absolute atomic E-state index is 11.2. The Balaban J connectivity index is 2.29. The lowest BCUT2D eigenvalue weighted by Gasteiger charge is -2.01. The summed E-state index contributed by atoms with van der Waals surface area (Å²) >= 11 is 5.78. The standard InChI is InChI=1S/C11H9ClN4O/c12-9-3-1-7(2-4-9)10-14-5-8(6-15-10)11(17)16-13/h1-6H,13H2,(H,16,17). The third-order valence-corrected chi connectivity index (χ3v) is 2.40. The van der Waals surface area contributed by atoms with Gasteiger partial charge in [-0.25, -0.2) is 15.8 Å². The molecule has 1 amide bonds. The topological polar surface area (TPSA) is 80.9 Å². The second kappa shape index (κ2) is 4.90. The molecule has 5 nitrogen and oxygen atoms in total. The van der Waals surface area contributed by atoms with Crippen molar-refractivity contribution in [3.8, 4) is 11.4 Å². The zero-order chi connectivity index (χ0) is 12.3. The number of hydrogen-bond acceptors (Lipinski definition) is 4. The summed E-state index contributed by atoms with van der Waals surface area (Å²) in [6.07, 6.45) is 2.83. The first kappa shape index (κ1) is 11.5. The van der Waals surface area contributed by atoms with Gasteiger partial charge >= 0.3 is 0 Å². The lowest BCUT2D eigenvalue weighted by atomic mass is 10.2. The summed E-state index contributed by atoms with van der Waals surface area (Å²) in [6.45, 7) is 0. The minimum atomic E-state index is -0.423. The van der Waals surface area contributed by atoms with Crippen LogP contribution in [0.15, 0.2) is 36.7 Å². The largest absolute Gasteiger partial charge is 0.290 e. The van der Waals surface area contributed by atoms with Crippen LogP contribution in [0.4, 0.5) is 0 Å². The van der Waals surface area contributed by atoms with Crippen LogP contribution < -0.4 is 11.3 Å². The average Bonchev–Trinajstić information content (AvgIpc) is 2.39. The smallest absolute Gasteiger partial charge is 0.268 e. The van der Waals surface area contributed by atoms with Gasteiger partial charge in [0.15, 0.2) is 5.82 Å². The van der Waals surface area contributed by atoms with Crippen molar-refractivity contribution in [2.75, 3.05) is 0 Å². The number of nitrogens with one attached hydrogen (secondary N) is 1. The van der Waals surface area contributed by atoms with E-state index in [1.165, 1.54) is 12.4 Å². The number of nitrogen functional groups attached to an aromatic ring is 1. The highest BCUT2D eigenvalue weighted by Gasteiger charge is 2.06. The molecule has 1 aromatic carbocycles. The molecule has 2 rings (SSSR count). The zero-order valence-electron chi connectivity index (χ0n) is 8.72. The van der Waals surface area contributed by atoms with Crippen LogP contribution in [0.25, 0.3) is 11.4 Å². The summed E-state index contributed by atoms with van der Waals surface area (Å²) < 4.78 is 0. The third-order valence-electron chi connectivity index (χ3n) is 2.15. The van der Waals surface area contributed by atoms with E-state index in [-0.39, 0.29) is 0 Å². The predicted molar refractivity (Wildman–Crippen MR) is 64.1 cm³/mol. The molecule has 0 fully saturated rings. The molecule has 86 valence electrons. The number of amides is 1. The van der Waals surface area contributed by atoms with Gasteiger partial charge in [0.05, 0.1) is 5.56 Å². The van der Waals surface area contributed by atoms with E-state index >= 15 is 0 Å². The maximum atomic E-state index is 11.2. The molecule has 1 heterocycles. The number of hydrazine groups is 1. The summed E-state index contributed by atoms with van der Waals surface area (Å²) in [4.78, 5) is 19.3. The van der Waals surface area contributed by atoms with E-state index in [1.54, 1.807) is 24.3 Å². The van der Waals surface area contributed by atoms with Crippen LogP contribution in [0, 0.1) is 0 Å². The second-order valence-electron chi connectivity index (χ2n) is 3.28. The first-order valence-corrected chi connectivity index (χ1v) is 5.17. The van der Waals surface area contributed by atoms with Crippen LogP contribution >= 0.6 is 11.6 Å². The van der Waals surface area contributed by atoms with E-state index in [4.69, 9.17) is 17.4 Å². The lowest BCUT2D eigenvalue weighted by molar-refractivity contribution is 0.0953. The molecule has 0 aliphatic rings. The monoisotopic (exact) mass is 248 g/mol. The summed E-state index contributed by atoms with van der Waals surface area (Å²) in [6, 6.07) is 7.11. The van der Waals surface area contributed by atoms with Gasteiger partial charge in [-0.3, -0.25) is 10.2 Å². The van der Waals surface area contributed by atoms with Crippen LogP contribution in [0.1, 0.15) is 10.4 Å². The Kier molecular flexibility index (Phi) is 3.32. The molecule has 0 radical (unpaired) electrons. The number of rotatable bonds is 2. The Morgan fingerprint density at radius 1 is 1.18 bits per heavy atom. The number of nitrogens with zero attached hydrogens (tertiary/aromatic N) is 2. The van der Waals surface area contributed by atoms with E-state index in [0.29, 0.717) is 16.4 Å². The number of nitrogens with two attached hydrogens (primary N) is 1. The number of carbonyl (C=O) groups excluding carboxylic acids is 1. The number of carbonyl (C=O) groups is 1. The van der Waals surface area contributed by atoms with Gasteiger partial charge in [0.1, 0.15) is 0 Å². The molecule has 3 N–H and O–H groups in total. The molecule has 2 aromatic rings. The van der Waals surface area contributed by atoms with Gasteiger partial charge in [-0.05, 0) is 24.3 Å². The second-order valence-corrected chi connectivity index (χ2v) is 3.71. The van der Waals surface area contributed by atoms with Gasteiger partial charge < -0.3 is 0 Å². The zero-order valence-corrected chi connectivity index (χ0v) is 9.48. The molecule has 1 aromatic heterocycles. The Bertz CT molecular complexity index is 524. The first-order valence-electron chi connectivity index (χ1n) is 4.79. The fourth-order valence-corrected chi connectivity index (χ4v) is 1.40. The number of aromatic nitrogens is 2. The summed E-state index contributed by atoms with van der Waals surface area (Å²) in [5.41, 5.74) is 3.15. The van der Waals surface area contributed by atoms with E-state index < -0.39 is 5.91 Å². The molecule has 0 unspecified atom stereocenters. The Morgan fingerprint density at radius 2 is 1.76 bits per heavy atom. The van der Waals surface area contributed by atoms with Crippen molar-refractivity contribution in [1.82, 2.24) is 15.4 Å². The Hall–Kier alpha value is -1.98. The van der Waals surface area contributed by atoms with Crippen molar-refractivity contribution in [2.24, 2.45) is 5.84 Å². The third kappa shape index (κ3) is 2.58. The molecule has 0 saturated heterocycles. The maximum Gasteiger partial charge on any atom is 0.268 e. The van der Waals surface area contributed by atoms with Crippen LogP contribution in [0.5, 0.6) is 0 Å². The minimum Gasteiger partial charge on any atom is -0.290 e. The van der Waals surface area contributed by atoms with E-state index in [2.05, 4.69) is 9.97 Å². The van der Waals surface area contributed by atoms with E-state index in [0.717, 1.165) is 5.56 Å². The fourth-order valence-electron chi connectivity index (χ4n) is 1.28. The Morgan fingerprint density at radius 3 is 2.29 bits per heavy atom. The van der Waals surface area contributed by atoms with Crippen LogP contribution in [-0.4, -0.2) is 15.9 Å². The predicted octanol–water partition coefficient (Wildman–Crippen LogP) is 1.40. The molecular weight excluding hydrogens is 240 g/mol. The minimum absolute atomic E-state index is 0.310. The molecule has 0 atom stereocenters. The summed E-state index contributed by atoms with van der Waals surface area (Å²) in [5.74, 6) is 5.10. The average molecular weight is 249 g/mol. The molecule has 0 spiro atoms. The van der Waals surface area contributed by atoms with Gasteiger partial charge in [0.2, 0.25) is 0 Å². The van der Waals surface area contributed by atoms with Gasteiger partial charge in [-0.15, -0.1) is 0 Å². The molecule has 0 aliphatic carbocycles. The number of benzene rings is 1. The Labute approximate surface area is 103 Å². The van der Waals surface area contributed by atoms with Gasteiger partial charge in [-0.1, -0.05) is 11.6 Å². The summed E-state index contributed by atoms with van der Waals surface area (Å²) in [5, 5.41) is 0.646. The molecule has 17 heavy (non-hydrogen) atoms. The highest BCUT2D eigenvalue weighted by Crippen LogP contribution is 2.17. The van der Waals surface area contributed by atoms with Gasteiger partial charge in [0, 0.05) is 23.0 Å². The highest BCUT2D eigenvalue weighted by molar-refractivity contribution is 6.30. The van der Waals surface area contributed by atoms with Crippen molar-refractivity contribution in [1.29, 1.82) is 0 Å². The molecule has 0 saturated carbocycles. The van der Waals surface area contributed by atoms with Crippen LogP contribution in [0.3, 0.4) is 0 Å². The SMILES string of the molecule is NNC(=O)c1cnc(-c2ccc(Cl)cc2)nc1. The van der Waals surface area contributed by atoms with E-state index in [1.807, 2.05) is 5.43 Å². The molecule has 0 bridgehead atoms. The number of halogens is 1. The van der Waals surface area contributed by atoms with Gasteiger partial charge in [0.25, 0.3) is 5.91 Å². The van der Waals surface area contributed by atoms with Crippen LogP contribution in [-0.2, 0) is 0 Å². The number of hydrogen-bond donors (Lipinski definition) is 2. The normalized spacial score (nSPS) is 10.0. The van der Waals surface area contributed by atoms with E-state index in [9.17, 15) is 4.79 Å². The molecule has 6 heteroatoms. The lowest BCUT2D eigenvalue weighted by Crippen LogP contribution is -2.30. The summed E-state index contributed by atoms with van der Waals surface area (Å²) in [7, 11) is 0. The van der Waals surface area contributed by atoms with Crippen molar-refractivity contribution in [2.45, 2.75) is 0 Å². The fraction of sp³-hybridized carbons (Fsp3) is 0. The van der Waals surface area contributed by atoms with Crippen molar-refractivity contribution in [3.63, 3.8) is 0 Å². The van der Waals surface area contributed by atoms with Gasteiger partial charge in [-0.2, -0.15) is 0 Å². The highest BCUT2D eigenvalue weighted by atomic mass is 35.5. The van der Waals surface area contributed by atoms with Crippen molar-refractivity contribution < 1.29 is 4.79 Å². The first-order chi connectivity index (χ1) is 8.20. The van der Waals surface area contributed by atoms with Crippen molar-refractivity contribution in [3.05, 3.63) is 47.2 Å². The van der Waals surface area contributed by atoms with Crippen molar-refractivity contribution >= 4 is 17.5 Å². The van der Waals surface area contributed by atoms with Crippen LogP contribution in [0.2, 0.25) is 5.02 Å². The molecular formula is C11H9ClN4O.